The Morgan fingerprint density at radius 1 is 1.13 bits per heavy atom. The number of anilines is 1. The summed E-state index contributed by atoms with van der Waals surface area (Å²) in [7, 11) is 0. The fourth-order valence-electron chi connectivity index (χ4n) is 3.82. The minimum Gasteiger partial charge on any atom is -0.486 e. The van der Waals surface area contributed by atoms with Crippen LogP contribution in [0.1, 0.15) is 36.5 Å². The summed E-state index contributed by atoms with van der Waals surface area (Å²) in [5.74, 6) is 1.13. The highest BCUT2D eigenvalue weighted by Gasteiger charge is 2.29. The number of carbonyl (C=O) groups is 2. The van der Waals surface area contributed by atoms with Crippen molar-refractivity contribution in [3.05, 3.63) is 53.1 Å². The molecule has 0 spiro atoms. The zero-order valence-corrected chi connectivity index (χ0v) is 18.2. The second-order valence-electron chi connectivity index (χ2n) is 7.80. The first kappa shape index (κ1) is 20.9. The lowest BCUT2D eigenvalue weighted by atomic mass is 10.1. The van der Waals surface area contributed by atoms with Crippen molar-refractivity contribution in [3.63, 3.8) is 0 Å². The molecule has 0 aromatic heterocycles. The zero-order chi connectivity index (χ0) is 22.0. The van der Waals surface area contributed by atoms with Crippen LogP contribution in [0.5, 0.6) is 11.5 Å². The second-order valence-corrected chi connectivity index (χ2v) is 7.80. The number of benzene rings is 2. The number of nitrogens with zero attached hydrogens (tertiary/aromatic N) is 3. The van der Waals surface area contributed by atoms with Crippen molar-refractivity contribution in [1.29, 1.82) is 0 Å². The van der Waals surface area contributed by atoms with Crippen LogP contribution in [-0.2, 0) is 16.1 Å². The van der Waals surface area contributed by atoms with Crippen molar-refractivity contribution in [2.24, 2.45) is 5.10 Å². The van der Waals surface area contributed by atoms with Crippen molar-refractivity contribution in [3.8, 4) is 11.5 Å². The van der Waals surface area contributed by atoms with Crippen molar-refractivity contribution in [1.82, 2.24) is 4.90 Å². The van der Waals surface area contributed by atoms with Gasteiger partial charge in [-0.05, 0) is 44.0 Å². The van der Waals surface area contributed by atoms with Gasteiger partial charge in [-0.25, -0.2) is 5.01 Å². The Hall–Kier alpha value is -3.35. The average molecular weight is 421 g/mol. The van der Waals surface area contributed by atoms with E-state index in [1.165, 1.54) is 5.01 Å². The molecule has 0 bridgehead atoms. The minimum atomic E-state index is -0.167. The van der Waals surface area contributed by atoms with Gasteiger partial charge in [0.15, 0.2) is 11.5 Å². The minimum absolute atomic E-state index is 0.101. The highest BCUT2D eigenvalue weighted by molar-refractivity contribution is 6.40. The third-order valence-corrected chi connectivity index (χ3v) is 5.55. The van der Waals surface area contributed by atoms with Crippen LogP contribution in [0.3, 0.4) is 0 Å². The Morgan fingerprint density at radius 2 is 1.94 bits per heavy atom. The number of hydrogen-bond donors (Lipinski definition) is 0. The molecule has 0 aliphatic carbocycles. The van der Waals surface area contributed by atoms with Crippen LogP contribution < -0.4 is 14.5 Å². The maximum Gasteiger partial charge on any atom is 0.270 e. The number of aryl methyl sites for hydroxylation is 2. The van der Waals surface area contributed by atoms with Gasteiger partial charge in [-0.3, -0.25) is 9.59 Å². The molecule has 0 unspecified atom stereocenters. The average Bonchev–Trinajstić information content (AvgIpc) is 2.79. The predicted molar refractivity (Wildman–Crippen MR) is 119 cm³/mol. The van der Waals surface area contributed by atoms with E-state index < -0.39 is 0 Å². The lowest BCUT2D eigenvalue weighted by Gasteiger charge is -2.28. The molecule has 0 N–H and O–H groups in total. The number of amides is 2. The molecule has 4 rings (SSSR count). The van der Waals surface area contributed by atoms with Gasteiger partial charge in [0.05, 0.1) is 5.69 Å². The van der Waals surface area contributed by atoms with Gasteiger partial charge >= 0.3 is 0 Å². The summed E-state index contributed by atoms with van der Waals surface area (Å²) in [5, 5.41) is 5.87. The summed E-state index contributed by atoms with van der Waals surface area (Å²) in [5.41, 5.74) is 3.99. The monoisotopic (exact) mass is 421 g/mol. The fourth-order valence-corrected chi connectivity index (χ4v) is 3.82. The molecule has 0 saturated heterocycles. The van der Waals surface area contributed by atoms with Gasteiger partial charge in [-0.1, -0.05) is 24.3 Å². The van der Waals surface area contributed by atoms with E-state index in [0.717, 1.165) is 22.4 Å². The van der Waals surface area contributed by atoms with E-state index in [2.05, 4.69) is 5.10 Å². The van der Waals surface area contributed by atoms with E-state index in [4.69, 9.17) is 9.47 Å². The van der Waals surface area contributed by atoms with Gasteiger partial charge in [0.1, 0.15) is 18.9 Å². The Labute approximate surface area is 182 Å². The Balaban J connectivity index is 1.60. The Morgan fingerprint density at radius 3 is 2.74 bits per heavy atom. The van der Waals surface area contributed by atoms with E-state index in [9.17, 15) is 9.59 Å². The standard InChI is InChI=1S/C24H27N3O4/c1-4-26(15-18-6-5-7-21-23(18)31-13-12-30-21)24(29)19-10-11-22(28)27(25-19)20-14-16(2)8-9-17(20)3/h5-9,14H,4,10-13,15H2,1-3H3. The van der Waals surface area contributed by atoms with Crippen LogP contribution in [0.4, 0.5) is 5.69 Å². The van der Waals surface area contributed by atoms with Gasteiger partial charge in [0, 0.05) is 31.5 Å². The lowest BCUT2D eigenvalue weighted by Crippen LogP contribution is -2.41. The van der Waals surface area contributed by atoms with Crippen molar-refractivity contribution in [2.75, 3.05) is 24.8 Å². The quantitative estimate of drug-likeness (QED) is 0.740. The molecule has 0 atom stereocenters. The number of para-hydroxylation sites is 1. The normalized spacial score (nSPS) is 15.5. The molecule has 2 aliphatic heterocycles. The molecule has 7 nitrogen and oxygen atoms in total. The van der Waals surface area contributed by atoms with E-state index >= 15 is 0 Å². The van der Waals surface area contributed by atoms with Gasteiger partial charge in [-0.15, -0.1) is 0 Å². The third kappa shape index (κ3) is 4.26. The molecule has 31 heavy (non-hydrogen) atoms. The Bertz CT molecular complexity index is 1050. The van der Waals surface area contributed by atoms with E-state index in [0.29, 0.717) is 49.9 Å². The molecule has 2 heterocycles. The topological polar surface area (TPSA) is 71.4 Å². The molecule has 0 radical (unpaired) electrons. The molecule has 162 valence electrons. The fraction of sp³-hybridized carbons (Fsp3) is 0.375. The number of hydrazone groups is 1. The summed E-state index contributed by atoms with van der Waals surface area (Å²) in [6.45, 7) is 7.75. The predicted octanol–water partition coefficient (Wildman–Crippen LogP) is 3.61. The highest BCUT2D eigenvalue weighted by atomic mass is 16.6. The number of fused-ring (bicyclic) bond motifs is 1. The summed E-state index contributed by atoms with van der Waals surface area (Å²) >= 11 is 0. The SMILES string of the molecule is CCN(Cc1cccc2c1OCCO2)C(=O)C1=NN(c2cc(C)ccc2C)C(=O)CC1. The molecule has 2 amide bonds. The van der Waals surface area contributed by atoms with Gasteiger partial charge in [-0.2, -0.15) is 5.10 Å². The zero-order valence-electron chi connectivity index (χ0n) is 18.2. The number of carbonyl (C=O) groups excluding carboxylic acids is 2. The molecule has 0 fully saturated rings. The lowest BCUT2D eigenvalue weighted by molar-refractivity contribution is -0.124. The van der Waals surface area contributed by atoms with Crippen LogP contribution in [-0.4, -0.2) is 42.2 Å². The molecule has 7 heteroatoms. The molecule has 2 aliphatic rings. The van der Waals surface area contributed by atoms with Gasteiger partial charge < -0.3 is 14.4 Å². The number of ether oxygens (including phenoxy) is 2. The van der Waals surface area contributed by atoms with E-state index in [1.54, 1.807) is 4.90 Å². The van der Waals surface area contributed by atoms with Crippen molar-refractivity contribution in [2.45, 2.75) is 40.2 Å². The van der Waals surface area contributed by atoms with Crippen LogP contribution in [0.2, 0.25) is 0 Å². The van der Waals surface area contributed by atoms with Crippen LogP contribution in [0, 0.1) is 13.8 Å². The molecular formula is C24H27N3O4. The van der Waals surface area contributed by atoms with E-state index in [-0.39, 0.29) is 18.2 Å². The molecule has 0 saturated carbocycles. The van der Waals surface area contributed by atoms with E-state index in [1.807, 2.05) is 57.2 Å². The molecule has 2 aromatic carbocycles. The van der Waals surface area contributed by atoms with Crippen LogP contribution >= 0.6 is 0 Å². The smallest absolute Gasteiger partial charge is 0.270 e. The van der Waals surface area contributed by atoms with Crippen LogP contribution in [0.15, 0.2) is 41.5 Å². The molecule has 2 aromatic rings. The van der Waals surface area contributed by atoms with Gasteiger partial charge in [0.25, 0.3) is 5.91 Å². The first-order valence-corrected chi connectivity index (χ1v) is 10.6. The summed E-state index contributed by atoms with van der Waals surface area (Å²) in [6, 6.07) is 11.6. The Kier molecular flexibility index (Phi) is 5.93. The summed E-state index contributed by atoms with van der Waals surface area (Å²) < 4.78 is 11.4. The first-order valence-electron chi connectivity index (χ1n) is 10.6. The second kappa shape index (κ2) is 8.79. The highest BCUT2D eigenvalue weighted by Crippen LogP contribution is 2.34. The van der Waals surface area contributed by atoms with Crippen molar-refractivity contribution < 1.29 is 19.1 Å². The molecular weight excluding hydrogens is 394 g/mol. The maximum atomic E-state index is 13.3. The summed E-state index contributed by atoms with van der Waals surface area (Å²) in [4.78, 5) is 27.6. The maximum absolute atomic E-state index is 13.3. The van der Waals surface area contributed by atoms with Crippen LogP contribution in [0.25, 0.3) is 0 Å². The largest absolute Gasteiger partial charge is 0.486 e. The first-order chi connectivity index (χ1) is 15.0. The third-order valence-electron chi connectivity index (χ3n) is 5.55. The number of rotatable bonds is 5. The van der Waals surface area contributed by atoms with Crippen molar-refractivity contribution >= 4 is 23.2 Å². The number of hydrogen-bond acceptors (Lipinski definition) is 5. The van der Waals surface area contributed by atoms with Gasteiger partial charge in [0.2, 0.25) is 5.91 Å². The summed E-state index contributed by atoms with van der Waals surface area (Å²) in [6.07, 6.45) is 0.592.